The molecule has 0 radical (unpaired) electrons. The minimum Gasteiger partial charge on any atom is -0.481 e. The number of nitrogens with zero attached hydrogens (tertiary/aromatic N) is 1. The van der Waals surface area contributed by atoms with Gasteiger partial charge in [0.2, 0.25) is 5.91 Å². The van der Waals surface area contributed by atoms with Crippen molar-refractivity contribution in [2.45, 2.75) is 70.0 Å². The molecule has 2 rings (SSSR count). The summed E-state index contributed by atoms with van der Waals surface area (Å²) in [4.78, 5) is 82.5. The SMILES string of the molecule is O=C(O)CCC(=O)N1CCc2cc(C(=O)NCCCC[C@H](NC(=O)N[C@@H](CCC(=O)O)C(=O)O)C(=O)O)ccc2C1. The Bertz CT molecular complexity index is 1170. The van der Waals surface area contributed by atoms with Crippen LogP contribution in [0.25, 0.3) is 0 Å². The Morgan fingerprint density at radius 2 is 1.41 bits per heavy atom. The van der Waals surface area contributed by atoms with Gasteiger partial charge in [0.1, 0.15) is 12.1 Å². The number of benzene rings is 1. The van der Waals surface area contributed by atoms with Gasteiger partial charge < -0.3 is 41.3 Å². The van der Waals surface area contributed by atoms with Crippen molar-refractivity contribution in [2.75, 3.05) is 13.1 Å². The number of aliphatic carboxylic acids is 4. The first kappa shape index (κ1) is 32.5. The maximum Gasteiger partial charge on any atom is 0.326 e. The zero-order valence-electron chi connectivity index (χ0n) is 22.3. The van der Waals surface area contributed by atoms with Crippen LogP contribution in [0.4, 0.5) is 4.79 Å². The number of rotatable bonds is 16. The van der Waals surface area contributed by atoms with Gasteiger partial charge in [0, 0.05) is 38.0 Å². The van der Waals surface area contributed by atoms with E-state index in [9.17, 15) is 38.7 Å². The summed E-state index contributed by atoms with van der Waals surface area (Å²) < 4.78 is 0. The number of fused-ring (bicyclic) bond motifs is 1. The van der Waals surface area contributed by atoms with E-state index in [1.54, 1.807) is 23.1 Å². The molecule has 1 heterocycles. The molecule has 0 fully saturated rings. The predicted molar refractivity (Wildman–Crippen MR) is 140 cm³/mol. The van der Waals surface area contributed by atoms with Crippen LogP contribution in [-0.4, -0.2) is 92.2 Å². The van der Waals surface area contributed by atoms with Crippen LogP contribution in [-0.2, 0) is 36.9 Å². The number of nitrogens with one attached hydrogen (secondary N) is 3. The van der Waals surface area contributed by atoms with Gasteiger partial charge in [0.25, 0.3) is 5.91 Å². The maximum absolute atomic E-state index is 12.6. The highest BCUT2D eigenvalue weighted by Crippen LogP contribution is 2.21. The van der Waals surface area contributed by atoms with Crippen LogP contribution in [0.15, 0.2) is 18.2 Å². The largest absolute Gasteiger partial charge is 0.481 e. The molecule has 0 saturated carbocycles. The van der Waals surface area contributed by atoms with Crippen molar-refractivity contribution in [1.29, 1.82) is 0 Å². The van der Waals surface area contributed by atoms with Gasteiger partial charge >= 0.3 is 29.9 Å². The first-order valence-electron chi connectivity index (χ1n) is 13.0. The summed E-state index contributed by atoms with van der Waals surface area (Å²) >= 11 is 0. The zero-order valence-corrected chi connectivity index (χ0v) is 22.3. The van der Waals surface area contributed by atoms with Crippen LogP contribution in [0.3, 0.4) is 0 Å². The molecule has 4 amide bonds. The van der Waals surface area contributed by atoms with Crippen LogP contribution in [0.5, 0.6) is 0 Å². The second kappa shape index (κ2) is 15.8. The number of carboxylic acids is 4. The average molecular weight is 579 g/mol. The standard InChI is InChI=1S/C26H34N4O11/c31-20(7-9-22(34)35)30-12-10-15-13-16(4-5-17(15)14-30)23(36)27-11-2-1-3-18(24(37)38)28-26(41)29-19(25(39)40)6-8-21(32)33/h4-5,13,18-19H,1-3,6-12,14H2,(H,27,36)(H,32,33)(H,34,35)(H,37,38)(H,39,40)(H2,28,29,41)/t18-,19-/m0/s1. The van der Waals surface area contributed by atoms with Crippen molar-refractivity contribution in [3.63, 3.8) is 0 Å². The lowest BCUT2D eigenvalue weighted by Gasteiger charge is -2.29. The van der Waals surface area contributed by atoms with E-state index in [4.69, 9.17) is 15.3 Å². The molecular weight excluding hydrogens is 544 g/mol. The summed E-state index contributed by atoms with van der Waals surface area (Å²) in [5.74, 6) is -5.63. The summed E-state index contributed by atoms with van der Waals surface area (Å²) in [7, 11) is 0. The molecule has 0 bridgehead atoms. The third-order valence-electron chi connectivity index (χ3n) is 6.45. The summed E-state index contributed by atoms with van der Waals surface area (Å²) in [6.45, 7) is 0.995. The number of unbranched alkanes of at least 4 members (excludes halogenated alkanes) is 1. The van der Waals surface area contributed by atoms with Gasteiger partial charge in [-0.3, -0.25) is 19.2 Å². The van der Waals surface area contributed by atoms with E-state index in [0.717, 1.165) is 11.1 Å². The molecule has 15 nitrogen and oxygen atoms in total. The Hall–Kier alpha value is -4.69. The third kappa shape index (κ3) is 11.1. The first-order valence-corrected chi connectivity index (χ1v) is 13.0. The van der Waals surface area contributed by atoms with E-state index < -0.39 is 48.4 Å². The van der Waals surface area contributed by atoms with Crippen molar-refractivity contribution in [1.82, 2.24) is 20.9 Å². The normalized spacial score (nSPS) is 13.7. The summed E-state index contributed by atoms with van der Waals surface area (Å²) in [5.41, 5.74) is 2.22. The van der Waals surface area contributed by atoms with Crippen molar-refractivity contribution in [3.05, 3.63) is 34.9 Å². The Labute approximate surface area is 234 Å². The fourth-order valence-corrected chi connectivity index (χ4v) is 4.20. The molecule has 0 unspecified atom stereocenters. The Balaban J connectivity index is 1.77. The van der Waals surface area contributed by atoms with Crippen LogP contribution >= 0.6 is 0 Å². The van der Waals surface area contributed by atoms with E-state index >= 15 is 0 Å². The Morgan fingerprint density at radius 1 is 0.780 bits per heavy atom. The molecule has 0 aromatic heterocycles. The topological polar surface area (TPSA) is 240 Å². The minimum atomic E-state index is -1.50. The van der Waals surface area contributed by atoms with Gasteiger partial charge in [-0.05, 0) is 55.4 Å². The molecule has 2 atom stereocenters. The van der Waals surface area contributed by atoms with Crippen LogP contribution in [0, 0.1) is 0 Å². The highest BCUT2D eigenvalue weighted by Gasteiger charge is 2.25. The number of hydrogen-bond acceptors (Lipinski definition) is 7. The van der Waals surface area contributed by atoms with Gasteiger partial charge in [-0.1, -0.05) is 6.07 Å². The van der Waals surface area contributed by atoms with Crippen LogP contribution in [0.2, 0.25) is 0 Å². The Kier molecular flexibility index (Phi) is 12.5. The number of carboxylic acid groups (broad SMARTS) is 4. The molecule has 0 saturated heterocycles. The molecule has 1 aromatic carbocycles. The molecule has 224 valence electrons. The lowest BCUT2D eigenvalue weighted by molar-refractivity contribution is -0.141. The summed E-state index contributed by atoms with van der Waals surface area (Å²) in [6, 6.07) is 1.26. The Morgan fingerprint density at radius 3 is 2.02 bits per heavy atom. The quantitative estimate of drug-likeness (QED) is 0.132. The predicted octanol–water partition coefficient (Wildman–Crippen LogP) is 0.407. The fourth-order valence-electron chi connectivity index (χ4n) is 4.20. The van der Waals surface area contributed by atoms with Crippen molar-refractivity contribution in [3.8, 4) is 0 Å². The molecule has 0 spiro atoms. The molecule has 0 aliphatic carbocycles. The third-order valence-corrected chi connectivity index (χ3v) is 6.45. The summed E-state index contributed by atoms with van der Waals surface area (Å²) in [5, 5.41) is 42.9. The summed E-state index contributed by atoms with van der Waals surface area (Å²) in [6.07, 6.45) is 0.0848. The second-order valence-electron chi connectivity index (χ2n) is 9.53. The van der Waals surface area contributed by atoms with Gasteiger partial charge in [-0.2, -0.15) is 0 Å². The van der Waals surface area contributed by atoms with Crippen LogP contribution < -0.4 is 16.0 Å². The molecular formula is C26H34N4O11. The number of amides is 4. The molecule has 1 aliphatic heterocycles. The first-order chi connectivity index (χ1) is 19.4. The molecule has 15 heteroatoms. The van der Waals surface area contributed by atoms with E-state index in [-0.39, 0.29) is 44.0 Å². The van der Waals surface area contributed by atoms with E-state index in [1.807, 2.05) is 0 Å². The van der Waals surface area contributed by atoms with E-state index in [0.29, 0.717) is 37.9 Å². The average Bonchev–Trinajstić information content (AvgIpc) is 2.91. The highest BCUT2D eigenvalue weighted by atomic mass is 16.4. The minimum absolute atomic E-state index is 0.00597. The zero-order chi connectivity index (χ0) is 30.5. The second-order valence-corrected chi connectivity index (χ2v) is 9.53. The molecule has 41 heavy (non-hydrogen) atoms. The van der Waals surface area contributed by atoms with Gasteiger partial charge in [-0.25, -0.2) is 14.4 Å². The van der Waals surface area contributed by atoms with E-state index in [2.05, 4.69) is 16.0 Å². The van der Waals surface area contributed by atoms with Gasteiger partial charge in [0.15, 0.2) is 0 Å². The van der Waals surface area contributed by atoms with Crippen LogP contribution in [0.1, 0.15) is 66.4 Å². The molecule has 1 aromatic rings. The molecule has 1 aliphatic rings. The maximum atomic E-state index is 12.6. The lowest BCUT2D eigenvalue weighted by atomic mass is 9.96. The van der Waals surface area contributed by atoms with E-state index in [1.165, 1.54) is 0 Å². The number of urea groups is 1. The van der Waals surface area contributed by atoms with Gasteiger partial charge in [0.05, 0.1) is 6.42 Å². The lowest BCUT2D eigenvalue weighted by Crippen LogP contribution is -2.51. The van der Waals surface area contributed by atoms with Crippen molar-refractivity contribution < 1.29 is 54.0 Å². The molecule has 7 N–H and O–H groups in total. The number of carbonyl (C=O) groups is 7. The number of carbonyl (C=O) groups excluding carboxylic acids is 3. The van der Waals surface area contributed by atoms with Gasteiger partial charge in [-0.15, -0.1) is 0 Å². The fraction of sp³-hybridized carbons (Fsp3) is 0.500. The monoisotopic (exact) mass is 578 g/mol. The smallest absolute Gasteiger partial charge is 0.326 e. The number of hydrogen-bond donors (Lipinski definition) is 7. The van der Waals surface area contributed by atoms with Crippen molar-refractivity contribution in [2.24, 2.45) is 0 Å². The highest BCUT2D eigenvalue weighted by molar-refractivity contribution is 5.94. The van der Waals surface area contributed by atoms with Crippen molar-refractivity contribution >= 4 is 41.7 Å².